The molecule has 1 N–H and O–H groups in total. The molecule has 6 atom stereocenters. The molecule has 2 unspecified atom stereocenters. The maximum atomic E-state index is 14.1. The van der Waals surface area contributed by atoms with Crippen molar-refractivity contribution >= 4 is 17.7 Å². The van der Waals surface area contributed by atoms with Crippen LogP contribution in [0, 0.1) is 11.8 Å². The molecular weight excluding hydrogens is 434 g/mol. The fourth-order valence-corrected chi connectivity index (χ4v) is 6.11. The van der Waals surface area contributed by atoms with E-state index in [9.17, 15) is 19.5 Å². The summed E-state index contributed by atoms with van der Waals surface area (Å²) < 4.78 is 6.50. The minimum absolute atomic E-state index is 0.116. The van der Waals surface area contributed by atoms with Gasteiger partial charge in [-0.1, -0.05) is 19.1 Å². The van der Waals surface area contributed by atoms with Gasteiger partial charge in [-0.2, -0.15) is 0 Å². The lowest BCUT2D eigenvalue weighted by molar-refractivity contribution is -0.154. The van der Waals surface area contributed by atoms with Gasteiger partial charge in [-0.25, -0.2) is 0 Å². The summed E-state index contributed by atoms with van der Waals surface area (Å²) in [6.45, 7) is 18.2. The molecule has 0 aromatic rings. The third-order valence-electron chi connectivity index (χ3n) is 7.54. The van der Waals surface area contributed by atoms with Crippen molar-refractivity contribution in [3.8, 4) is 0 Å². The Hall–Kier alpha value is -2.19. The SMILES string of the molecule is C=CCN(CCC)C(=O)[C@@H]1[C@@H]2CCC3(O2)C(C(=O)N(CC=C)C(C)(C)C)N([C@H](C)CO)C(=O)[C@H]13. The zero-order valence-electron chi connectivity index (χ0n) is 21.3. The van der Waals surface area contributed by atoms with Crippen LogP contribution in [-0.4, -0.2) is 93.1 Å². The number of amides is 3. The van der Waals surface area contributed by atoms with Crippen LogP contribution < -0.4 is 0 Å². The number of carbonyl (C=O) groups excluding carboxylic acids is 3. The molecule has 3 aliphatic rings. The van der Waals surface area contributed by atoms with Gasteiger partial charge in [0.25, 0.3) is 0 Å². The Kier molecular flexibility index (Phi) is 7.63. The molecule has 8 nitrogen and oxygen atoms in total. The lowest BCUT2D eigenvalue weighted by Gasteiger charge is -2.43. The molecule has 3 heterocycles. The molecule has 34 heavy (non-hydrogen) atoms. The van der Waals surface area contributed by atoms with E-state index in [1.165, 1.54) is 4.90 Å². The van der Waals surface area contributed by atoms with Crippen LogP contribution in [0.1, 0.15) is 53.9 Å². The first-order valence-electron chi connectivity index (χ1n) is 12.4. The Labute approximate surface area is 203 Å². The molecule has 8 heteroatoms. The molecule has 2 bridgehead atoms. The number of ether oxygens (including phenoxy) is 1. The van der Waals surface area contributed by atoms with Gasteiger partial charge in [0.15, 0.2) is 0 Å². The molecule has 0 saturated carbocycles. The minimum Gasteiger partial charge on any atom is -0.394 e. The van der Waals surface area contributed by atoms with Crippen molar-refractivity contribution in [2.75, 3.05) is 26.2 Å². The second-order valence-corrected chi connectivity index (χ2v) is 10.8. The number of aliphatic hydroxyl groups is 1. The van der Waals surface area contributed by atoms with Crippen molar-refractivity contribution in [2.45, 2.75) is 83.2 Å². The van der Waals surface area contributed by atoms with Gasteiger partial charge < -0.3 is 24.5 Å². The Morgan fingerprint density at radius 2 is 1.91 bits per heavy atom. The summed E-state index contributed by atoms with van der Waals surface area (Å²) in [4.78, 5) is 46.7. The highest BCUT2D eigenvalue weighted by Gasteiger charge is 2.75. The molecule has 3 amide bonds. The van der Waals surface area contributed by atoms with Crippen LogP contribution in [0.3, 0.4) is 0 Å². The van der Waals surface area contributed by atoms with E-state index in [-0.39, 0.29) is 24.3 Å². The maximum Gasteiger partial charge on any atom is 0.249 e. The van der Waals surface area contributed by atoms with Gasteiger partial charge in [0.2, 0.25) is 17.7 Å². The second kappa shape index (κ2) is 9.82. The molecule has 190 valence electrons. The van der Waals surface area contributed by atoms with Gasteiger partial charge in [-0.3, -0.25) is 14.4 Å². The fraction of sp³-hybridized carbons (Fsp3) is 0.731. The van der Waals surface area contributed by atoms with Crippen LogP contribution in [-0.2, 0) is 19.1 Å². The highest BCUT2D eigenvalue weighted by molar-refractivity contribution is 5.99. The maximum absolute atomic E-state index is 14.1. The van der Waals surface area contributed by atoms with Gasteiger partial charge in [-0.15, -0.1) is 13.2 Å². The lowest BCUT2D eigenvalue weighted by Crippen LogP contribution is -2.61. The summed E-state index contributed by atoms with van der Waals surface area (Å²) in [5.41, 5.74) is -1.58. The normalized spacial score (nSPS) is 30.8. The summed E-state index contributed by atoms with van der Waals surface area (Å²) in [5, 5.41) is 9.99. The molecule has 0 radical (unpaired) electrons. The van der Waals surface area contributed by atoms with Crippen molar-refractivity contribution in [1.29, 1.82) is 0 Å². The van der Waals surface area contributed by atoms with Crippen molar-refractivity contribution in [1.82, 2.24) is 14.7 Å². The monoisotopic (exact) mass is 475 g/mol. The number of rotatable bonds is 10. The number of hydrogen-bond donors (Lipinski definition) is 1. The van der Waals surface area contributed by atoms with E-state index in [1.54, 1.807) is 28.9 Å². The first kappa shape index (κ1) is 26.4. The molecule has 0 aromatic carbocycles. The summed E-state index contributed by atoms with van der Waals surface area (Å²) in [6.07, 6.45) is 4.91. The Morgan fingerprint density at radius 1 is 1.26 bits per heavy atom. The molecule has 3 aliphatic heterocycles. The molecular formula is C26H41N3O5. The van der Waals surface area contributed by atoms with Gasteiger partial charge in [0, 0.05) is 25.2 Å². The van der Waals surface area contributed by atoms with Crippen molar-refractivity contribution in [3.05, 3.63) is 25.3 Å². The largest absolute Gasteiger partial charge is 0.394 e. The quantitative estimate of drug-likeness (QED) is 0.488. The third kappa shape index (κ3) is 4.09. The van der Waals surface area contributed by atoms with Gasteiger partial charge in [0.1, 0.15) is 11.6 Å². The molecule has 3 rings (SSSR count). The first-order chi connectivity index (χ1) is 16.0. The van der Waals surface area contributed by atoms with E-state index < -0.39 is 41.2 Å². The van der Waals surface area contributed by atoms with Crippen LogP contribution in [0.5, 0.6) is 0 Å². The number of aliphatic hydroxyl groups excluding tert-OH is 1. The molecule has 0 aromatic heterocycles. The van der Waals surface area contributed by atoms with Crippen LogP contribution in [0.25, 0.3) is 0 Å². The summed E-state index contributed by atoms with van der Waals surface area (Å²) in [5.74, 6) is -2.00. The molecule has 3 saturated heterocycles. The summed E-state index contributed by atoms with van der Waals surface area (Å²) in [6, 6.07) is -1.47. The average molecular weight is 476 g/mol. The van der Waals surface area contributed by atoms with E-state index in [1.807, 2.05) is 27.7 Å². The van der Waals surface area contributed by atoms with Gasteiger partial charge >= 0.3 is 0 Å². The van der Waals surface area contributed by atoms with Crippen molar-refractivity contribution in [2.24, 2.45) is 11.8 Å². The third-order valence-corrected chi connectivity index (χ3v) is 7.54. The zero-order chi connectivity index (χ0) is 25.4. The lowest BCUT2D eigenvalue weighted by atomic mass is 9.70. The number of fused-ring (bicyclic) bond motifs is 1. The number of carbonyl (C=O) groups is 3. The minimum atomic E-state index is -1.07. The molecule has 1 spiro atoms. The Balaban J connectivity index is 2.08. The average Bonchev–Trinajstić information content (AvgIpc) is 3.42. The standard InChI is InChI=1S/C26H41N3O5/c1-8-13-27(14-9-2)22(31)19-18-11-12-26(34-18)20(19)23(32)29(17(4)16-30)21(26)24(33)28(15-10-3)25(5,6)7/h8,10,17-21,30H,1,3,9,11-16H2,2,4-7H3/t17-,18+,19-,20+,21?,26?/m1/s1. The van der Waals surface area contributed by atoms with Crippen LogP contribution in [0.2, 0.25) is 0 Å². The Morgan fingerprint density at radius 3 is 2.44 bits per heavy atom. The first-order valence-corrected chi connectivity index (χ1v) is 12.4. The van der Waals surface area contributed by atoms with Crippen LogP contribution >= 0.6 is 0 Å². The smallest absolute Gasteiger partial charge is 0.249 e. The van der Waals surface area contributed by atoms with Crippen molar-refractivity contribution < 1.29 is 24.2 Å². The van der Waals surface area contributed by atoms with E-state index >= 15 is 0 Å². The van der Waals surface area contributed by atoms with E-state index in [0.717, 1.165) is 6.42 Å². The summed E-state index contributed by atoms with van der Waals surface area (Å²) >= 11 is 0. The van der Waals surface area contributed by atoms with Crippen LogP contribution in [0.4, 0.5) is 0 Å². The molecule has 3 fully saturated rings. The fourth-order valence-electron chi connectivity index (χ4n) is 6.11. The second-order valence-electron chi connectivity index (χ2n) is 10.8. The van der Waals surface area contributed by atoms with E-state index in [2.05, 4.69) is 13.2 Å². The predicted octanol–water partition coefficient (Wildman–Crippen LogP) is 1.98. The van der Waals surface area contributed by atoms with Crippen LogP contribution in [0.15, 0.2) is 25.3 Å². The Bertz CT molecular complexity index is 837. The van der Waals surface area contributed by atoms with E-state index in [0.29, 0.717) is 32.5 Å². The van der Waals surface area contributed by atoms with Gasteiger partial charge in [-0.05, 0) is 47.0 Å². The highest BCUT2D eigenvalue weighted by Crippen LogP contribution is 2.59. The number of likely N-dealkylation sites (tertiary alicyclic amines) is 1. The highest BCUT2D eigenvalue weighted by atomic mass is 16.5. The topological polar surface area (TPSA) is 90.4 Å². The predicted molar refractivity (Wildman–Crippen MR) is 130 cm³/mol. The summed E-state index contributed by atoms with van der Waals surface area (Å²) in [7, 11) is 0. The van der Waals surface area contributed by atoms with Gasteiger partial charge in [0.05, 0.1) is 30.6 Å². The van der Waals surface area contributed by atoms with Crippen molar-refractivity contribution in [3.63, 3.8) is 0 Å². The molecule has 0 aliphatic carbocycles. The van der Waals surface area contributed by atoms with E-state index in [4.69, 9.17) is 4.74 Å². The zero-order valence-corrected chi connectivity index (χ0v) is 21.3. The number of hydrogen-bond acceptors (Lipinski definition) is 5. The number of nitrogens with zero attached hydrogens (tertiary/aromatic N) is 3.